The van der Waals surface area contributed by atoms with E-state index in [1.165, 1.54) is 4.80 Å². The third-order valence-corrected chi connectivity index (χ3v) is 4.44. The van der Waals surface area contributed by atoms with E-state index in [2.05, 4.69) is 25.7 Å². The summed E-state index contributed by atoms with van der Waals surface area (Å²) in [5.41, 5.74) is 2.64. The van der Waals surface area contributed by atoms with Gasteiger partial charge in [0.05, 0.1) is 30.3 Å². The van der Waals surface area contributed by atoms with Crippen molar-refractivity contribution in [1.29, 1.82) is 0 Å². The normalized spacial score (nSPS) is 17.4. The second-order valence-corrected chi connectivity index (χ2v) is 6.03. The molecule has 1 fully saturated rings. The number of benzene rings is 1. The minimum absolute atomic E-state index is 0.0695. The fourth-order valence-corrected chi connectivity index (χ4v) is 3.19. The van der Waals surface area contributed by atoms with E-state index in [9.17, 15) is 4.79 Å². The Morgan fingerprint density at radius 2 is 1.96 bits per heavy atom. The van der Waals surface area contributed by atoms with Gasteiger partial charge in [-0.25, -0.2) is 4.79 Å². The van der Waals surface area contributed by atoms with Crippen LogP contribution in [0.5, 0.6) is 0 Å². The Bertz CT molecular complexity index is 811. The van der Waals surface area contributed by atoms with Gasteiger partial charge in [0, 0.05) is 24.0 Å². The van der Waals surface area contributed by atoms with E-state index in [1.807, 2.05) is 35.4 Å². The maximum atomic E-state index is 12.7. The van der Waals surface area contributed by atoms with E-state index in [1.54, 1.807) is 18.6 Å². The number of aromatic amines is 1. The van der Waals surface area contributed by atoms with Crippen LogP contribution in [0.2, 0.25) is 0 Å². The molecule has 8 heteroatoms. The van der Waals surface area contributed by atoms with E-state index >= 15 is 0 Å². The summed E-state index contributed by atoms with van der Waals surface area (Å²) < 4.78 is 0. The molecule has 2 N–H and O–H groups in total. The van der Waals surface area contributed by atoms with Gasteiger partial charge in [0.15, 0.2) is 0 Å². The number of urea groups is 1. The monoisotopic (exact) mass is 337 g/mol. The molecule has 3 heterocycles. The Balaban J connectivity index is 1.47. The van der Waals surface area contributed by atoms with Crippen LogP contribution in [0, 0.1) is 0 Å². The Kier molecular flexibility index (Phi) is 4.16. The van der Waals surface area contributed by atoms with Crippen LogP contribution >= 0.6 is 0 Å². The predicted octanol–water partition coefficient (Wildman–Crippen LogP) is 2.75. The zero-order chi connectivity index (χ0) is 17.1. The molecule has 2 amide bonds. The number of aromatic nitrogens is 5. The van der Waals surface area contributed by atoms with Crippen molar-refractivity contribution in [2.45, 2.75) is 25.3 Å². The maximum absolute atomic E-state index is 12.7. The Morgan fingerprint density at radius 1 is 1.16 bits per heavy atom. The topological polar surface area (TPSA) is 91.7 Å². The first kappa shape index (κ1) is 15.4. The van der Waals surface area contributed by atoms with Gasteiger partial charge in [-0.2, -0.15) is 20.1 Å². The van der Waals surface area contributed by atoms with Gasteiger partial charge in [0.25, 0.3) is 0 Å². The second kappa shape index (κ2) is 6.76. The van der Waals surface area contributed by atoms with Crippen LogP contribution in [-0.4, -0.2) is 42.7 Å². The van der Waals surface area contributed by atoms with Crippen LogP contribution in [0.1, 0.15) is 30.9 Å². The van der Waals surface area contributed by atoms with Gasteiger partial charge in [-0.05, 0) is 43.5 Å². The van der Waals surface area contributed by atoms with Gasteiger partial charge < -0.3 is 10.2 Å². The first-order valence-corrected chi connectivity index (χ1v) is 8.34. The zero-order valence-corrected chi connectivity index (χ0v) is 13.7. The summed E-state index contributed by atoms with van der Waals surface area (Å²) in [6.45, 7) is 0.747. The first-order chi connectivity index (χ1) is 12.3. The smallest absolute Gasteiger partial charge is 0.317 e. The number of likely N-dealkylation sites (tertiary alicyclic amines) is 1. The minimum Gasteiger partial charge on any atom is -0.317 e. The summed E-state index contributed by atoms with van der Waals surface area (Å²) in [6, 6.07) is 7.44. The number of H-pyrrole nitrogens is 1. The van der Waals surface area contributed by atoms with Crippen LogP contribution in [0.25, 0.3) is 5.69 Å². The van der Waals surface area contributed by atoms with Gasteiger partial charge in [-0.3, -0.25) is 5.10 Å². The number of carbonyl (C=O) groups is 1. The zero-order valence-electron chi connectivity index (χ0n) is 13.7. The van der Waals surface area contributed by atoms with Crippen molar-refractivity contribution >= 4 is 11.7 Å². The molecule has 1 aliphatic heterocycles. The van der Waals surface area contributed by atoms with Gasteiger partial charge >= 0.3 is 6.03 Å². The lowest BCUT2D eigenvalue weighted by Gasteiger charge is -2.35. The third kappa shape index (κ3) is 3.23. The lowest BCUT2D eigenvalue weighted by atomic mass is 9.98. The van der Waals surface area contributed by atoms with Crippen LogP contribution in [-0.2, 0) is 0 Å². The highest BCUT2D eigenvalue weighted by atomic mass is 16.2. The average Bonchev–Trinajstić information content (AvgIpc) is 3.36. The molecule has 25 heavy (non-hydrogen) atoms. The SMILES string of the molecule is O=C(Nc1ccc(-n2nccn2)cc1)N1CCCC[C@H]1c1cn[nH]c1. The minimum atomic E-state index is -0.0872. The Morgan fingerprint density at radius 3 is 2.68 bits per heavy atom. The van der Waals surface area contributed by atoms with Crippen molar-refractivity contribution < 1.29 is 4.79 Å². The highest BCUT2D eigenvalue weighted by molar-refractivity contribution is 5.89. The molecule has 2 aromatic heterocycles. The summed E-state index contributed by atoms with van der Waals surface area (Å²) >= 11 is 0. The van der Waals surface area contributed by atoms with Gasteiger partial charge in [-0.1, -0.05) is 0 Å². The molecule has 0 aliphatic carbocycles. The number of rotatable bonds is 3. The highest BCUT2D eigenvalue weighted by Crippen LogP contribution is 2.30. The maximum Gasteiger partial charge on any atom is 0.322 e. The Hall–Kier alpha value is -3.16. The number of hydrogen-bond acceptors (Lipinski definition) is 4. The van der Waals surface area contributed by atoms with Crippen molar-refractivity contribution in [3.8, 4) is 5.69 Å². The van der Waals surface area contributed by atoms with E-state index in [0.29, 0.717) is 0 Å². The number of nitrogens with zero attached hydrogens (tertiary/aromatic N) is 5. The number of hydrogen-bond donors (Lipinski definition) is 2. The molecule has 1 atom stereocenters. The van der Waals surface area contributed by atoms with Gasteiger partial charge in [-0.15, -0.1) is 0 Å². The van der Waals surface area contributed by atoms with Gasteiger partial charge in [0.2, 0.25) is 0 Å². The molecule has 0 unspecified atom stereocenters. The van der Waals surface area contributed by atoms with E-state index < -0.39 is 0 Å². The molecule has 0 saturated carbocycles. The van der Waals surface area contributed by atoms with Crippen molar-refractivity contribution in [3.05, 3.63) is 54.6 Å². The highest BCUT2D eigenvalue weighted by Gasteiger charge is 2.28. The summed E-state index contributed by atoms with van der Waals surface area (Å²) in [7, 11) is 0. The predicted molar refractivity (Wildman–Crippen MR) is 92.3 cm³/mol. The van der Waals surface area contributed by atoms with E-state index in [4.69, 9.17) is 0 Å². The lowest BCUT2D eigenvalue weighted by molar-refractivity contribution is 0.163. The lowest BCUT2D eigenvalue weighted by Crippen LogP contribution is -2.41. The summed E-state index contributed by atoms with van der Waals surface area (Å²) in [5, 5.41) is 18.0. The fourth-order valence-electron chi connectivity index (χ4n) is 3.19. The first-order valence-electron chi connectivity index (χ1n) is 8.34. The van der Waals surface area contributed by atoms with Crippen LogP contribution in [0.4, 0.5) is 10.5 Å². The van der Waals surface area contributed by atoms with Crippen molar-refractivity contribution in [2.75, 3.05) is 11.9 Å². The summed E-state index contributed by atoms with van der Waals surface area (Å²) in [5.74, 6) is 0. The van der Waals surface area contributed by atoms with Crippen LogP contribution < -0.4 is 5.32 Å². The largest absolute Gasteiger partial charge is 0.322 e. The fraction of sp³-hybridized carbons (Fsp3) is 0.294. The number of carbonyl (C=O) groups excluding carboxylic acids is 1. The summed E-state index contributed by atoms with van der Waals surface area (Å²) in [6.07, 6.45) is 10.0. The average molecular weight is 337 g/mol. The molecule has 0 bridgehead atoms. The molecule has 3 aromatic rings. The number of anilines is 1. The van der Waals surface area contributed by atoms with Crippen molar-refractivity contribution in [2.24, 2.45) is 0 Å². The van der Waals surface area contributed by atoms with Crippen LogP contribution in [0.3, 0.4) is 0 Å². The van der Waals surface area contributed by atoms with Crippen molar-refractivity contribution in [1.82, 2.24) is 30.1 Å². The standard InChI is InChI=1S/C17H19N7O/c25-17(23-10-2-1-3-16(23)13-11-18-19-12-13)22-14-4-6-15(7-5-14)24-20-8-9-21-24/h4-9,11-12,16H,1-3,10H2,(H,18,19)(H,22,25)/t16-/m0/s1. The molecule has 8 nitrogen and oxygen atoms in total. The number of amides is 2. The van der Waals surface area contributed by atoms with Crippen molar-refractivity contribution in [3.63, 3.8) is 0 Å². The molecule has 0 spiro atoms. The molecule has 1 aliphatic rings. The quantitative estimate of drug-likeness (QED) is 0.769. The number of piperidine rings is 1. The molecule has 128 valence electrons. The van der Waals surface area contributed by atoms with E-state index in [-0.39, 0.29) is 12.1 Å². The van der Waals surface area contributed by atoms with Crippen LogP contribution in [0.15, 0.2) is 49.1 Å². The molecular weight excluding hydrogens is 318 g/mol. The van der Waals surface area contributed by atoms with Gasteiger partial charge in [0.1, 0.15) is 0 Å². The Labute approximate surface area is 144 Å². The third-order valence-electron chi connectivity index (χ3n) is 4.44. The summed E-state index contributed by atoms with van der Waals surface area (Å²) in [4.78, 5) is 16.2. The molecular formula is C17H19N7O. The molecule has 0 radical (unpaired) electrons. The molecule has 1 saturated heterocycles. The van der Waals surface area contributed by atoms with E-state index in [0.717, 1.165) is 42.7 Å². The number of nitrogens with one attached hydrogen (secondary N) is 2. The molecule has 1 aromatic carbocycles. The second-order valence-electron chi connectivity index (χ2n) is 6.03. The molecule has 4 rings (SSSR count).